The van der Waals surface area contributed by atoms with Crippen LogP contribution in [-0.2, 0) is 7.05 Å². The predicted molar refractivity (Wildman–Crippen MR) is 74.9 cm³/mol. The summed E-state index contributed by atoms with van der Waals surface area (Å²) in [6.45, 7) is 1.87. The fourth-order valence-electron chi connectivity index (χ4n) is 2.42. The van der Waals surface area contributed by atoms with Gasteiger partial charge in [0.25, 0.3) is 0 Å². The van der Waals surface area contributed by atoms with Crippen molar-refractivity contribution in [2.24, 2.45) is 7.05 Å². The van der Waals surface area contributed by atoms with Crippen LogP contribution in [0.5, 0.6) is 0 Å². The van der Waals surface area contributed by atoms with Crippen molar-refractivity contribution >= 4 is 17.3 Å². The van der Waals surface area contributed by atoms with Gasteiger partial charge in [0.05, 0.1) is 11.3 Å². The van der Waals surface area contributed by atoms with Gasteiger partial charge in [-0.25, -0.2) is 0 Å². The average molecular weight is 253 g/mol. The Morgan fingerprint density at radius 1 is 1.26 bits per heavy atom. The van der Waals surface area contributed by atoms with Crippen LogP contribution < -0.4 is 5.32 Å². The maximum atomic E-state index is 12.2. The molecule has 3 rings (SSSR count). The molecule has 96 valence electrons. The topological polar surface area (TPSA) is 46.9 Å². The first-order valence-corrected chi connectivity index (χ1v) is 6.26. The average Bonchev–Trinajstić information content (AvgIpc) is 2.59. The van der Waals surface area contributed by atoms with Gasteiger partial charge in [0.1, 0.15) is 5.82 Å². The maximum absolute atomic E-state index is 12.2. The van der Waals surface area contributed by atoms with Gasteiger partial charge in [0, 0.05) is 19.2 Å². The first-order chi connectivity index (χ1) is 9.16. The van der Waals surface area contributed by atoms with Crippen LogP contribution in [0.25, 0.3) is 5.70 Å². The number of hydrogen-bond donors (Lipinski definition) is 1. The lowest BCUT2D eigenvalue weighted by Crippen LogP contribution is -2.05. The number of carbonyl (C=O) groups is 1. The Bertz CT molecular complexity index is 668. The molecule has 2 aromatic rings. The molecule has 4 nitrogen and oxygen atoms in total. The molecule has 1 aromatic heterocycles. The molecule has 4 heteroatoms. The number of fused-ring (bicyclic) bond motifs is 1. The van der Waals surface area contributed by atoms with Crippen molar-refractivity contribution in [1.82, 2.24) is 9.78 Å². The molecule has 0 fully saturated rings. The van der Waals surface area contributed by atoms with E-state index in [0.717, 1.165) is 22.8 Å². The molecule has 1 N–H and O–H groups in total. The molecule has 2 heterocycles. The Morgan fingerprint density at radius 3 is 2.74 bits per heavy atom. The third-order valence-corrected chi connectivity index (χ3v) is 3.33. The van der Waals surface area contributed by atoms with E-state index in [1.807, 2.05) is 50.4 Å². The van der Waals surface area contributed by atoms with Crippen LogP contribution in [0.3, 0.4) is 0 Å². The van der Waals surface area contributed by atoms with Crippen LogP contribution >= 0.6 is 0 Å². The molecular formula is C15H15N3O. The Morgan fingerprint density at radius 2 is 2.00 bits per heavy atom. The van der Waals surface area contributed by atoms with Crippen LogP contribution in [0.15, 0.2) is 36.4 Å². The van der Waals surface area contributed by atoms with Crippen molar-refractivity contribution in [2.75, 3.05) is 5.32 Å². The smallest absolute Gasteiger partial charge is 0.172 e. The van der Waals surface area contributed by atoms with Crippen molar-refractivity contribution in [2.45, 2.75) is 13.3 Å². The van der Waals surface area contributed by atoms with Crippen LogP contribution in [0.4, 0.5) is 5.82 Å². The summed E-state index contributed by atoms with van der Waals surface area (Å²) in [5, 5.41) is 7.66. The van der Waals surface area contributed by atoms with Gasteiger partial charge in [-0.2, -0.15) is 5.10 Å². The van der Waals surface area contributed by atoms with E-state index in [1.165, 1.54) is 0 Å². The summed E-state index contributed by atoms with van der Waals surface area (Å²) in [6.07, 6.45) is 2.34. The van der Waals surface area contributed by atoms with Gasteiger partial charge in [-0.3, -0.25) is 9.48 Å². The summed E-state index contributed by atoms with van der Waals surface area (Å²) in [6, 6.07) is 10.0. The summed E-state index contributed by atoms with van der Waals surface area (Å²) in [5.41, 5.74) is 3.50. The minimum Gasteiger partial charge on any atom is -0.340 e. The first-order valence-electron chi connectivity index (χ1n) is 6.26. The highest BCUT2D eigenvalue weighted by atomic mass is 16.1. The molecule has 1 aromatic carbocycles. The monoisotopic (exact) mass is 253 g/mol. The third kappa shape index (κ3) is 1.95. The van der Waals surface area contributed by atoms with Gasteiger partial charge in [-0.15, -0.1) is 0 Å². The summed E-state index contributed by atoms with van der Waals surface area (Å²) in [5.74, 6) is 0.883. The van der Waals surface area contributed by atoms with E-state index in [-0.39, 0.29) is 5.78 Å². The lowest BCUT2D eigenvalue weighted by Gasteiger charge is -2.10. The highest BCUT2D eigenvalue weighted by Crippen LogP contribution is 2.28. The Hall–Kier alpha value is -2.36. The number of benzene rings is 1. The number of aromatic nitrogens is 2. The standard InChI is InChI=1S/C15H15N3O/c1-10-14-13(19)9-8-12(11-6-4-3-5-7-11)16-15(14)18(2)17-10/h3-8,16H,9H2,1-2H3. The number of aryl methyl sites for hydroxylation is 2. The molecule has 0 bridgehead atoms. The summed E-state index contributed by atoms with van der Waals surface area (Å²) >= 11 is 0. The summed E-state index contributed by atoms with van der Waals surface area (Å²) in [7, 11) is 1.85. The number of Topliss-reactive ketones (excluding diaryl/α,β-unsaturated/α-hetero) is 1. The van der Waals surface area contributed by atoms with Gasteiger partial charge < -0.3 is 5.32 Å². The second kappa shape index (κ2) is 4.39. The van der Waals surface area contributed by atoms with Crippen molar-refractivity contribution in [3.8, 4) is 0 Å². The fraction of sp³-hybridized carbons (Fsp3) is 0.200. The lowest BCUT2D eigenvalue weighted by atomic mass is 10.1. The van der Waals surface area contributed by atoms with E-state index in [0.29, 0.717) is 12.0 Å². The van der Waals surface area contributed by atoms with Gasteiger partial charge in [-0.05, 0) is 12.5 Å². The molecule has 0 amide bonds. The van der Waals surface area contributed by atoms with E-state index in [9.17, 15) is 4.79 Å². The molecule has 0 unspecified atom stereocenters. The third-order valence-electron chi connectivity index (χ3n) is 3.33. The number of allylic oxidation sites excluding steroid dienone is 1. The number of nitrogens with one attached hydrogen (secondary N) is 1. The summed E-state index contributed by atoms with van der Waals surface area (Å²) in [4.78, 5) is 12.2. The van der Waals surface area contributed by atoms with Gasteiger partial charge in [-0.1, -0.05) is 36.4 Å². The number of ketones is 1. The number of hydrogen-bond acceptors (Lipinski definition) is 3. The molecular weight excluding hydrogens is 238 g/mol. The second-order valence-corrected chi connectivity index (χ2v) is 4.67. The Kier molecular flexibility index (Phi) is 2.71. The van der Waals surface area contributed by atoms with Crippen LogP contribution in [0.1, 0.15) is 28.0 Å². The van der Waals surface area contributed by atoms with Gasteiger partial charge >= 0.3 is 0 Å². The lowest BCUT2D eigenvalue weighted by molar-refractivity contribution is 0.0996. The van der Waals surface area contributed by atoms with E-state index >= 15 is 0 Å². The molecule has 1 aliphatic heterocycles. The number of carbonyl (C=O) groups excluding carboxylic acids is 1. The minimum absolute atomic E-state index is 0.110. The molecule has 0 saturated heterocycles. The van der Waals surface area contributed by atoms with Crippen molar-refractivity contribution < 1.29 is 4.79 Å². The first kappa shape index (κ1) is 11.7. The van der Waals surface area contributed by atoms with Crippen LogP contribution in [0.2, 0.25) is 0 Å². The largest absolute Gasteiger partial charge is 0.340 e. The molecule has 0 saturated carbocycles. The molecule has 0 spiro atoms. The Labute approximate surface area is 111 Å². The molecule has 1 aliphatic rings. The van der Waals surface area contributed by atoms with Crippen LogP contribution in [-0.4, -0.2) is 15.6 Å². The SMILES string of the molecule is Cc1nn(C)c2c1C(=O)CC=C(c1ccccc1)N2. The van der Waals surface area contributed by atoms with Crippen LogP contribution in [0, 0.1) is 6.92 Å². The number of anilines is 1. The Balaban J connectivity index is 2.09. The van der Waals surface area contributed by atoms with Crippen molar-refractivity contribution in [1.29, 1.82) is 0 Å². The zero-order chi connectivity index (χ0) is 13.4. The van der Waals surface area contributed by atoms with E-state index in [1.54, 1.807) is 4.68 Å². The zero-order valence-corrected chi connectivity index (χ0v) is 11.0. The van der Waals surface area contributed by atoms with E-state index in [4.69, 9.17) is 0 Å². The predicted octanol–water partition coefficient (Wildman–Crippen LogP) is 2.77. The quantitative estimate of drug-likeness (QED) is 0.850. The minimum atomic E-state index is 0.110. The van der Waals surface area contributed by atoms with Crippen molar-refractivity contribution in [3.05, 3.63) is 53.2 Å². The van der Waals surface area contributed by atoms with Gasteiger partial charge in [0.2, 0.25) is 0 Å². The zero-order valence-electron chi connectivity index (χ0n) is 11.0. The number of nitrogens with zero attached hydrogens (tertiary/aromatic N) is 2. The molecule has 0 radical (unpaired) electrons. The highest BCUT2D eigenvalue weighted by molar-refractivity contribution is 6.05. The molecule has 0 atom stereocenters. The van der Waals surface area contributed by atoms with E-state index < -0.39 is 0 Å². The second-order valence-electron chi connectivity index (χ2n) is 4.67. The highest BCUT2D eigenvalue weighted by Gasteiger charge is 2.23. The maximum Gasteiger partial charge on any atom is 0.172 e. The number of rotatable bonds is 1. The normalized spacial score (nSPS) is 14.4. The van der Waals surface area contributed by atoms with Gasteiger partial charge in [0.15, 0.2) is 5.78 Å². The molecule has 0 aliphatic carbocycles. The van der Waals surface area contributed by atoms with Crippen molar-refractivity contribution in [3.63, 3.8) is 0 Å². The fourth-order valence-corrected chi connectivity index (χ4v) is 2.42. The summed E-state index contributed by atoms with van der Waals surface area (Å²) < 4.78 is 1.73. The molecule has 19 heavy (non-hydrogen) atoms. The van der Waals surface area contributed by atoms with E-state index in [2.05, 4.69) is 10.4 Å².